The summed E-state index contributed by atoms with van der Waals surface area (Å²) in [5.74, 6) is 0. The second kappa shape index (κ2) is 4.55. The molecule has 2 N–H and O–H groups in total. The molecular weight excluding hydrogens is 237 g/mol. The molecule has 2 heteroatoms. The number of hydrogen-bond acceptors (Lipinski definition) is 1. The molecule has 10 heavy (non-hydrogen) atoms. The Hall–Kier alpha value is -0.250. The monoisotopic (exact) mass is 249 g/mol. The number of hydrogen-bond donors (Lipinski definition) is 1. The van der Waals surface area contributed by atoms with E-state index in [1.807, 2.05) is 18.2 Å². The number of anilines is 1. The highest BCUT2D eigenvalue weighted by molar-refractivity contribution is 14.0. The minimum absolute atomic E-state index is 0. The van der Waals surface area contributed by atoms with Crippen LogP contribution in [0.15, 0.2) is 24.3 Å². The normalized spacial score (nSPS) is 8.50. The highest BCUT2D eigenvalue weighted by Gasteiger charge is 1.86. The SMILES string of the molecule is CCc1cccc(N)c1.I. The number of rotatable bonds is 1. The quantitative estimate of drug-likeness (QED) is 0.600. The van der Waals surface area contributed by atoms with E-state index >= 15 is 0 Å². The van der Waals surface area contributed by atoms with Gasteiger partial charge in [0, 0.05) is 5.69 Å². The summed E-state index contributed by atoms with van der Waals surface area (Å²) in [5.41, 5.74) is 7.69. The molecule has 0 aliphatic rings. The molecule has 0 atom stereocenters. The lowest BCUT2D eigenvalue weighted by Gasteiger charge is -1.95. The molecule has 0 amide bonds. The van der Waals surface area contributed by atoms with Gasteiger partial charge in [-0.1, -0.05) is 19.1 Å². The van der Waals surface area contributed by atoms with E-state index < -0.39 is 0 Å². The van der Waals surface area contributed by atoms with Crippen molar-refractivity contribution in [2.24, 2.45) is 0 Å². The van der Waals surface area contributed by atoms with Gasteiger partial charge in [-0.05, 0) is 24.1 Å². The predicted molar refractivity (Wildman–Crippen MR) is 55.6 cm³/mol. The van der Waals surface area contributed by atoms with E-state index in [2.05, 4.69) is 13.0 Å². The van der Waals surface area contributed by atoms with Gasteiger partial charge in [-0.2, -0.15) is 0 Å². The first kappa shape index (κ1) is 9.75. The summed E-state index contributed by atoms with van der Waals surface area (Å²) in [7, 11) is 0. The van der Waals surface area contributed by atoms with E-state index in [4.69, 9.17) is 5.73 Å². The Bertz CT molecular complexity index is 198. The molecule has 1 nitrogen and oxygen atoms in total. The molecule has 0 heterocycles. The topological polar surface area (TPSA) is 26.0 Å². The predicted octanol–water partition coefficient (Wildman–Crippen LogP) is 2.45. The third kappa shape index (κ3) is 2.56. The van der Waals surface area contributed by atoms with Crippen LogP contribution in [0.2, 0.25) is 0 Å². The third-order valence-electron chi connectivity index (χ3n) is 1.36. The van der Waals surface area contributed by atoms with Crippen LogP contribution in [0.4, 0.5) is 5.69 Å². The standard InChI is InChI=1S/C8H11N.HI/c1-2-7-4-3-5-8(9)6-7;/h3-6H,2,9H2,1H3;1H. The lowest BCUT2D eigenvalue weighted by molar-refractivity contribution is 1.14. The summed E-state index contributed by atoms with van der Waals surface area (Å²) in [4.78, 5) is 0. The lowest BCUT2D eigenvalue weighted by Crippen LogP contribution is -1.85. The van der Waals surface area contributed by atoms with E-state index in [-0.39, 0.29) is 24.0 Å². The van der Waals surface area contributed by atoms with E-state index in [1.54, 1.807) is 0 Å². The first-order valence-corrected chi connectivity index (χ1v) is 3.17. The average Bonchev–Trinajstić information content (AvgIpc) is 1.88. The van der Waals surface area contributed by atoms with Gasteiger partial charge in [-0.15, -0.1) is 24.0 Å². The van der Waals surface area contributed by atoms with E-state index in [1.165, 1.54) is 5.56 Å². The molecule has 1 aromatic rings. The van der Waals surface area contributed by atoms with Crippen LogP contribution in [0.3, 0.4) is 0 Å². The highest BCUT2D eigenvalue weighted by atomic mass is 127. The number of benzene rings is 1. The van der Waals surface area contributed by atoms with E-state index in [0.717, 1.165) is 12.1 Å². The minimum Gasteiger partial charge on any atom is -0.399 e. The number of aryl methyl sites for hydroxylation is 1. The van der Waals surface area contributed by atoms with Crippen LogP contribution in [-0.2, 0) is 6.42 Å². The molecule has 0 radical (unpaired) electrons. The zero-order chi connectivity index (χ0) is 6.69. The zero-order valence-electron chi connectivity index (χ0n) is 6.00. The van der Waals surface area contributed by atoms with Gasteiger partial charge in [0.25, 0.3) is 0 Å². The van der Waals surface area contributed by atoms with Crippen LogP contribution in [0.5, 0.6) is 0 Å². The van der Waals surface area contributed by atoms with Crippen LogP contribution in [-0.4, -0.2) is 0 Å². The molecule has 0 aromatic heterocycles. The van der Waals surface area contributed by atoms with Crippen molar-refractivity contribution in [3.05, 3.63) is 29.8 Å². The van der Waals surface area contributed by atoms with Crippen molar-refractivity contribution in [1.82, 2.24) is 0 Å². The third-order valence-corrected chi connectivity index (χ3v) is 1.36. The summed E-state index contributed by atoms with van der Waals surface area (Å²) in [6, 6.07) is 7.96. The second-order valence-corrected chi connectivity index (χ2v) is 2.10. The van der Waals surface area contributed by atoms with Crippen LogP contribution in [0.25, 0.3) is 0 Å². The minimum atomic E-state index is 0. The van der Waals surface area contributed by atoms with E-state index in [0.29, 0.717) is 0 Å². The van der Waals surface area contributed by atoms with Crippen molar-refractivity contribution in [3.8, 4) is 0 Å². The highest BCUT2D eigenvalue weighted by Crippen LogP contribution is 2.05. The molecular formula is C8H12IN. The summed E-state index contributed by atoms with van der Waals surface area (Å²) in [6.45, 7) is 2.12. The molecule has 1 aromatic carbocycles. The van der Waals surface area contributed by atoms with Crippen molar-refractivity contribution < 1.29 is 0 Å². The maximum absolute atomic E-state index is 5.53. The summed E-state index contributed by atoms with van der Waals surface area (Å²) in [6.07, 6.45) is 1.06. The van der Waals surface area contributed by atoms with E-state index in [9.17, 15) is 0 Å². The Labute approximate surface area is 78.6 Å². The maximum atomic E-state index is 5.53. The van der Waals surface area contributed by atoms with Crippen LogP contribution in [0.1, 0.15) is 12.5 Å². The smallest absolute Gasteiger partial charge is 0.0316 e. The van der Waals surface area contributed by atoms with Crippen LogP contribution < -0.4 is 5.73 Å². The van der Waals surface area contributed by atoms with Crippen molar-refractivity contribution in [2.45, 2.75) is 13.3 Å². The number of nitrogen functional groups attached to an aromatic ring is 1. The molecule has 0 spiro atoms. The Morgan fingerprint density at radius 3 is 2.50 bits per heavy atom. The molecule has 0 bridgehead atoms. The molecule has 0 saturated carbocycles. The van der Waals surface area contributed by atoms with Gasteiger partial charge in [0.1, 0.15) is 0 Å². The molecule has 56 valence electrons. The molecule has 0 saturated heterocycles. The fourth-order valence-corrected chi connectivity index (χ4v) is 0.813. The van der Waals surface area contributed by atoms with Gasteiger partial charge in [0.05, 0.1) is 0 Å². The molecule has 0 unspecified atom stereocenters. The van der Waals surface area contributed by atoms with Crippen molar-refractivity contribution in [2.75, 3.05) is 5.73 Å². The van der Waals surface area contributed by atoms with Gasteiger partial charge in [-0.3, -0.25) is 0 Å². The second-order valence-electron chi connectivity index (χ2n) is 2.10. The van der Waals surface area contributed by atoms with Crippen molar-refractivity contribution in [1.29, 1.82) is 0 Å². The fourth-order valence-electron chi connectivity index (χ4n) is 0.813. The summed E-state index contributed by atoms with van der Waals surface area (Å²) in [5, 5.41) is 0. The Kier molecular flexibility index (Phi) is 4.43. The Morgan fingerprint density at radius 2 is 2.10 bits per heavy atom. The van der Waals surface area contributed by atoms with Crippen molar-refractivity contribution in [3.63, 3.8) is 0 Å². The molecule has 0 fully saturated rings. The van der Waals surface area contributed by atoms with Gasteiger partial charge in [0.2, 0.25) is 0 Å². The summed E-state index contributed by atoms with van der Waals surface area (Å²) < 4.78 is 0. The first-order chi connectivity index (χ1) is 4.33. The zero-order valence-corrected chi connectivity index (χ0v) is 8.33. The first-order valence-electron chi connectivity index (χ1n) is 3.17. The van der Waals surface area contributed by atoms with Gasteiger partial charge >= 0.3 is 0 Å². The molecule has 1 rings (SSSR count). The van der Waals surface area contributed by atoms with Gasteiger partial charge in [0.15, 0.2) is 0 Å². The maximum Gasteiger partial charge on any atom is 0.0316 e. The Balaban J connectivity index is 0.000000810. The largest absolute Gasteiger partial charge is 0.399 e. The van der Waals surface area contributed by atoms with Gasteiger partial charge < -0.3 is 5.73 Å². The number of halogens is 1. The Morgan fingerprint density at radius 1 is 1.40 bits per heavy atom. The molecule has 0 aliphatic heterocycles. The molecule has 0 aliphatic carbocycles. The fraction of sp³-hybridized carbons (Fsp3) is 0.250. The average molecular weight is 249 g/mol. The van der Waals surface area contributed by atoms with Crippen LogP contribution >= 0.6 is 24.0 Å². The van der Waals surface area contributed by atoms with Gasteiger partial charge in [-0.25, -0.2) is 0 Å². The number of nitrogens with two attached hydrogens (primary N) is 1. The van der Waals surface area contributed by atoms with Crippen LogP contribution in [0, 0.1) is 0 Å². The van der Waals surface area contributed by atoms with Crippen molar-refractivity contribution >= 4 is 29.7 Å². The summed E-state index contributed by atoms with van der Waals surface area (Å²) >= 11 is 0. The lowest BCUT2D eigenvalue weighted by atomic mass is 10.1.